The van der Waals surface area contributed by atoms with E-state index in [0.29, 0.717) is 5.57 Å². The Bertz CT molecular complexity index is 557. The van der Waals surface area contributed by atoms with Crippen molar-refractivity contribution in [2.24, 2.45) is 0 Å². The summed E-state index contributed by atoms with van der Waals surface area (Å²) in [4.78, 5) is 11.7. The van der Waals surface area contributed by atoms with E-state index >= 15 is 0 Å². The molecule has 1 aromatic rings. The minimum atomic E-state index is -3.62. The fourth-order valence-electron chi connectivity index (χ4n) is 1.90. The lowest BCUT2D eigenvalue weighted by Crippen LogP contribution is -2.31. The highest BCUT2D eigenvalue weighted by atomic mass is 32.2. The van der Waals surface area contributed by atoms with Gasteiger partial charge in [0.1, 0.15) is 0 Å². The number of hydrogen-bond donors (Lipinski definition) is 0. The first-order valence-electron chi connectivity index (χ1n) is 4.92. The highest BCUT2D eigenvalue weighted by molar-refractivity contribution is 7.94. The van der Waals surface area contributed by atoms with Crippen molar-refractivity contribution in [1.29, 1.82) is 0 Å². The van der Waals surface area contributed by atoms with Crippen molar-refractivity contribution in [2.75, 3.05) is 0 Å². The van der Waals surface area contributed by atoms with Gasteiger partial charge in [0.25, 0.3) is 0 Å². The molecule has 1 aromatic carbocycles. The lowest BCUT2D eigenvalue weighted by Gasteiger charge is -2.12. The van der Waals surface area contributed by atoms with E-state index in [1.807, 2.05) is 0 Å². The third-order valence-corrected chi connectivity index (χ3v) is 5.52. The molecule has 3 nitrogen and oxygen atoms in total. The van der Waals surface area contributed by atoms with Crippen LogP contribution in [0.5, 0.6) is 0 Å². The van der Waals surface area contributed by atoms with Crippen LogP contribution >= 0.6 is 0 Å². The lowest BCUT2D eigenvalue weighted by molar-refractivity contribution is -0.117. The standard InChI is InChI=1S/C12H12O3S/c1-9-8-12(9,10(2)13)16(14,15)11-6-4-3-5-7-11/h3-7H,1,8H2,2H3. The second-order valence-corrected chi connectivity index (χ2v) is 6.16. The van der Waals surface area contributed by atoms with Gasteiger partial charge in [-0.05, 0) is 24.6 Å². The summed E-state index contributed by atoms with van der Waals surface area (Å²) in [5.41, 5.74) is 0.490. The van der Waals surface area contributed by atoms with Gasteiger partial charge in [0.05, 0.1) is 4.90 Å². The largest absolute Gasteiger partial charge is 0.298 e. The van der Waals surface area contributed by atoms with Crippen molar-refractivity contribution in [3.05, 3.63) is 42.5 Å². The van der Waals surface area contributed by atoms with Crippen LogP contribution < -0.4 is 0 Å². The summed E-state index contributed by atoms with van der Waals surface area (Å²) in [6.45, 7) is 4.94. The molecule has 4 heteroatoms. The van der Waals surface area contributed by atoms with Crippen LogP contribution in [0.15, 0.2) is 47.4 Å². The van der Waals surface area contributed by atoms with Gasteiger partial charge >= 0.3 is 0 Å². The number of carbonyl (C=O) groups is 1. The summed E-state index contributed by atoms with van der Waals surface area (Å²) in [6, 6.07) is 8.04. The third kappa shape index (κ3) is 1.26. The zero-order valence-electron chi connectivity index (χ0n) is 8.93. The summed E-state index contributed by atoms with van der Waals surface area (Å²) in [7, 11) is -3.62. The maximum atomic E-state index is 12.3. The number of carbonyl (C=O) groups excluding carboxylic acids is 1. The maximum absolute atomic E-state index is 12.3. The van der Waals surface area contributed by atoms with Crippen molar-refractivity contribution in [3.63, 3.8) is 0 Å². The molecule has 1 saturated carbocycles. The van der Waals surface area contributed by atoms with Crippen LogP contribution in [0.2, 0.25) is 0 Å². The van der Waals surface area contributed by atoms with E-state index in [-0.39, 0.29) is 17.1 Å². The van der Waals surface area contributed by atoms with E-state index in [1.165, 1.54) is 19.1 Å². The van der Waals surface area contributed by atoms with Crippen LogP contribution in [0.1, 0.15) is 13.3 Å². The molecule has 1 unspecified atom stereocenters. The van der Waals surface area contributed by atoms with E-state index in [2.05, 4.69) is 6.58 Å². The molecule has 0 N–H and O–H groups in total. The molecule has 0 heterocycles. The van der Waals surface area contributed by atoms with Crippen LogP contribution in [0.3, 0.4) is 0 Å². The molecule has 1 fully saturated rings. The van der Waals surface area contributed by atoms with Gasteiger partial charge in [0, 0.05) is 6.42 Å². The molecule has 84 valence electrons. The van der Waals surface area contributed by atoms with E-state index < -0.39 is 14.6 Å². The summed E-state index contributed by atoms with van der Waals surface area (Å²) in [5, 5.41) is 0. The zero-order valence-corrected chi connectivity index (χ0v) is 9.75. The smallest absolute Gasteiger partial charge is 0.195 e. The summed E-state index contributed by atoms with van der Waals surface area (Å²) < 4.78 is 23.2. The first-order valence-corrected chi connectivity index (χ1v) is 6.40. The second-order valence-electron chi connectivity index (χ2n) is 3.98. The minimum absolute atomic E-state index is 0.184. The fraction of sp³-hybridized carbons (Fsp3) is 0.250. The van der Waals surface area contributed by atoms with Gasteiger partial charge < -0.3 is 0 Å². The monoisotopic (exact) mass is 236 g/mol. The molecule has 0 amide bonds. The van der Waals surface area contributed by atoms with Gasteiger partial charge in [0.2, 0.25) is 0 Å². The summed E-state index contributed by atoms with van der Waals surface area (Å²) in [6.07, 6.45) is 0.250. The Morgan fingerprint density at radius 1 is 1.31 bits per heavy atom. The van der Waals surface area contributed by atoms with Crippen molar-refractivity contribution < 1.29 is 13.2 Å². The molecule has 0 aromatic heterocycles. The van der Waals surface area contributed by atoms with Crippen molar-refractivity contribution >= 4 is 15.6 Å². The van der Waals surface area contributed by atoms with Crippen LogP contribution in [0, 0.1) is 0 Å². The highest BCUT2D eigenvalue weighted by Crippen LogP contribution is 2.51. The quantitative estimate of drug-likeness (QED) is 0.751. The molecule has 1 aliphatic carbocycles. The van der Waals surface area contributed by atoms with Gasteiger partial charge in [-0.25, -0.2) is 8.42 Å². The van der Waals surface area contributed by atoms with E-state index in [4.69, 9.17) is 0 Å². The molecular formula is C12H12O3S. The maximum Gasteiger partial charge on any atom is 0.195 e. The zero-order chi connectivity index (χ0) is 12.0. The number of hydrogen-bond acceptors (Lipinski definition) is 3. The molecule has 0 aliphatic heterocycles. The van der Waals surface area contributed by atoms with Gasteiger partial charge in [-0.15, -0.1) is 0 Å². The molecule has 2 rings (SSSR count). The van der Waals surface area contributed by atoms with Gasteiger partial charge in [-0.3, -0.25) is 4.79 Å². The molecule has 16 heavy (non-hydrogen) atoms. The molecule has 0 spiro atoms. The Hall–Kier alpha value is -1.42. The molecule has 0 bridgehead atoms. The Morgan fingerprint density at radius 3 is 2.19 bits per heavy atom. The first-order chi connectivity index (χ1) is 7.43. The van der Waals surface area contributed by atoms with E-state index in [1.54, 1.807) is 18.2 Å². The molecular weight excluding hydrogens is 224 g/mol. The van der Waals surface area contributed by atoms with E-state index in [0.717, 1.165) is 0 Å². The van der Waals surface area contributed by atoms with Crippen LogP contribution in [0.4, 0.5) is 0 Å². The Morgan fingerprint density at radius 2 is 1.81 bits per heavy atom. The number of ketones is 1. The second kappa shape index (κ2) is 3.28. The van der Waals surface area contributed by atoms with Crippen LogP contribution in [-0.4, -0.2) is 18.9 Å². The summed E-state index contributed by atoms with van der Waals surface area (Å²) >= 11 is 0. The van der Waals surface area contributed by atoms with Crippen molar-refractivity contribution in [1.82, 2.24) is 0 Å². The predicted molar refractivity (Wildman–Crippen MR) is 60.8 cm³/mol. The molecule has 0 saturated heterocycles. The third-order valence-electron chi connectivity index (χ3n) is 2.99. The predicted octanol–water partition coefficient (Wildman–Crippen LogP) is 1.75. The SMILES string of the molecule is C=C1CC1(C(C)=O)S(=O)(=O)c1ccccc1. The lowest BCUT2D eigenvalue weighted by atomic mass is 10.3. The van der Waals surface area contributed by atoms with Crippen molar-refractivity contribution in [2.45, 2.75) is 23.0 Å². The Balaban J connectivity index is 2.57. The van der Waals surface area contributed by atoms with Crippen LogP contribution in [0.25, 0.3) is 0 Å². The topological polar surface area (TPSA) is 51.2 Å². The summed E-state index contributed by atoms with van der Waals surface area (Å²) in [5.74, 6) is -0.346. The number of Topliss-reactive ketones (excluding diaryl/α,β-unsaturated/α-hetero) is 1. The molecule has 1 atom stereocenters. The average molecular weight is 236 g/mol. The molecule has 0 radical (unpaired) electrons. The number of rotatable bonds is 3. The molecule has 1 aliphatic rings. The Kier molecular flexibility index (Phi) is 2.27. The van der Waals surface area contributed by atoms with E-state index in [9.17, 15) is 13.2 Å². The minimum Gasteiger partial charge on any atom is -0.298 e. The average Bonchev–Trinajstić information content (AvgIpc) is 2.93. The number of sulfone groups is 1. The van der Waals surface area contributed by atoms with Gasteiger partial charge in [-0.1, -0.05) is 24.8 Å². The van der Waals surface area contributed by atoms with Crippen molar-refractivity contribution in [3.8, 4) is 0 Å². The number of benzene rings is 1. The van der Waals surface area contributed by atoms with Gasteiger partial charge in [0.15, 0.2) is 20.4 Å². The van der Waals surface area contributed by atoms with Gasteiger partial charge in [-0.2, -0.15) is 0 Å². The Labute approximate surface area is 94.7 Å². The fourth-order valence-corrected chi connectivity index (χ4v) is 3.95. The highest BCUT2D eigenvalue weighted by Gasteiger charge is 2.62. The van der Waals surface area contributed by atoms with Crippen LogP contribution in [-0.2, 0) is 14.6 Å². The normalized spacial score (nSPS) is 24.2. The first kappa shape index (κ1) is 11.1.